The van der Waals surface area contributed by atoms with Gasteiger partial charge in [0.15, 0.2) is 0 Å². The van der Waals surface area contributed by atoms with E-state index in [9.17, 15) is 0 Å². The lowest BCUT2D eigenvalue weighted by Crippen LogP contribution is -2.10. The maximum absolute atomic E-state index is 2.45. The van der Waals surface area contributed by atoms with Gasteiger partial charge in [0, 0.05) is 53.7 Å². The highest BCUT2D eigenvalue weighted by Gasteiger charge is 2.20. The van der Waals surface area contributed by atoms with Crippen LogP contribution in [0.4, 0.5) is 17.1 Å². The van der Waals surface area contributed by atoms with Crippen LogP contribution in [0, 0.1) is 0 Å². The fourth-order valence-electron chi connectivity index (χ4n) is 8.31. The van der Waals surface area contributed by atoms with Crippen LogP contribution < -0.4 is 4.90 Å². The van der Waals surface area contributed by atoms with Crippen LogP contribution in [0.25, 0.3) is 80.3 Å². The van der Waals surface area contributed by atoms with Crippen LogP contribution >= 0.6 is 11.3 Å². The monoisotopic (exact) mass is 692 g/mol. The molecule has 0 aliphatic heterocycles. The Morgan fingerprint density at radius 2 is 1.02 bits per heavy atom. The second kappa shape index (κ2) is 11.9. The zero-order valence-corrected chi connectivity index (χ0v) is 29.6. The Kier molecular flexibility index (Phi) is 6.76. The van der Waals surface area contributed by atoms with Gasteiger partial charge in [0.25, 0.3) is 0 Å². The third-order valence-corrected chi connectivity index (χ3v) is 11.9. The maximum atomic E-state index is 2.45. The standard InChI is InChI=1S/C50H32N2S/c1-3-13-33(14-4-1)45-31-39(29-35-16-8-9-19-40(35)45)51(38-24-27-43-44-26-23-34-15-7-10-20-41(34)50(44)53-49(43)32-38)37-25-28-48-46(30-37)42-21-11-12-22-47(42)52(48)36-17-5-2-6-18-36/h1-32H. The van der Waals surface area contributed by atoms with Crippen LogP contribution in [0.1, 0.15) is 0 Å². The molecule has 0 aliphatic rings. The van der Waals surface area contributed by atoms with E-state index >= 15 is 0 Å². The van der Waals surface area contributed by atoms with Gasteiger partial charge >= 0.3 is 0 Å². The van der Waals surface area contributed by atoms with E-state index < -0.39 is 0 Å². The number of fused-ring (bicyclic) bond motifs is 9. The number of hydrogen-bond acceptors (Lipinski definition) is 2. The summed E-state index contributed by atoms with van der Waals surface area (Å²) in [5.41, 5.74) is 9.36. The van der Waals surface area contributed by atoms with Gasteiger partial charge in [-0.15, -0.1) is 11.3 Å². The molecule has 0 amide bonds. The van der Waals surface area contributed by atoms with Crippen molar-refractivity contribution in [1.29, 1.82) is 0 Å². The first-order chi connectivity index (χ1) is 26.3. The molecule has 2 heterocycles. The molecule has 0 saturated carbocycles. The quantitative estimate of drug-likeness (QED) is 0.174. The Morgan fingerprint density at radius 3 is 1.87 bits per heavy atom. The van der Waals surface area contributed by atoms with E-state index in [1.807, 2.05) is 11.3 Å². The van der Waals surface area contributed by atoms with Gasteiger partial charge in [0.05, 0.1) is 11.0 Å². The van der Waals surface area contributed by atoms with Gasteiger partial charge in [-0.1, -0.05) is 133 Å². The highest BCUT2D eigenvalue weighted by molar-refractivity contribution is 7.26. The number of hydrogen-bond donors (Lipinski definition) is 0. The molecule has 0 unspecified atom stereocenters. The summed E-state index contributed by atoms with van der Waals surface area (Å²) in [5, 5.41) is 10.1. The van der Waals surface area contributed by atoms with Crippen LogP contribution in [0.3, 0.4) is 0 Å². The molecule has 0 aliphatic carbocycles. The number of anilines is 3. The predicted octanol–water partition coefficient (Wildman–Crippen LogP) is 14.6. The Bertz CT molecular complexity index is 3170. The molecule has 11 rings (SSSR count). The minimum atomic E-state index is 1.12. The van der Waals surface area contributed by atoms with Crippen molar-refractivity contribution >= 4 is 91.9 Å². The first-order valence-corrected chi connectivity index (χ1v) is 18.9. The van der Waals surface area contributed by atoms with E-state index in [0.29, 0.717) is 0 Å². The Hall–Kier alpha value is -6.68. The van der Waals surface area contributed by atoms with Crippen LogP contribution in [0.2, 0.25) is 0 Å². The zero-order chi connectivity index (χ0) is 34.9. The summed E-state index contributed by atoms with van der Waals surface area (Å²) >= 11 is 1.89. The number of nitrogens with zero attached hydrogens (tertiary/aromatic N) is 2. The molecule has 0 radical (unpaired) electrons. The SMILES string of the molecule is c1ccc(-c2cc(N(c3ccc4c(c3)sc3c5ccccc5ccc43)c3ccc4c(c3)c3ccccc3n4-c3ccccc3)cc3ccccc23)cc1. The number of benzene rings is 9. The third-order valence-electron chi connectivity index (χ3n) is 10.7. The van der Waals surface area contributed by atoms with Crippen molar-refractivity contribution in [3.8, 4) is 16.8 Å². The molecule has 248 valence electrons. The van der Waals surface area contributed by atoms with Crippen molar-refractivity contribution in [2.24, 2.45) is 0 Å². The minimum Gasteiger partial charge on any atom is -0.310 e. The molecule has 2 aromatic heterocycles. The van der Waals surface area contributed by atoms with E-state index in [2.05, 4.69) is 204 Å². The molecule has 0 spiro atoms. The minimum absolute atomic E-state index is 1.12. The van der Waals surface area contributed by atoms with E-state index in [4.69, 9.17) is 0 Å². The maximum Gasteiger partial charge on any atom is 0.0542 e. The molecular formula is C50H32N2S. The lowest BCUT2D eigenvalue weighted by molar-refractivity contribution is 1.18. The summed E-state index contributed by atoms with van der Waals surface area (Å²) in [6.07, 6.45) is 0. The molecule has 0 bridgehead atoms. The van der Waals surface area contributed by atoms with E-state index in [1.54, 1.807) is 0 Å². The fourth-order valence-corrected chi connectivity index (χ4v) is 9.59. The molecule has 53 heavy (non-hydrogen) atoms. The molecule has 2 nitrogen and oxygen atoms in total. The second-order valence-electron chi connectivity index (χ2n) is 13.8. The summed E-state index contributed by atoms with van der Waals surface area (Å²) in [5.74, 6) is 0. The zero-order valence-electron chi connectivity index (χ0n) is 28.8. The number of para-hydroxylation sites is 2. The normalized spacial score (nSPS) is 11.8. The molecular weight excluding hydrogens is 661 g/mol. The summed E-state index contributed by atoms with van der Waals surface area (Å²) in [4.78, 5) is 2.45. The Balaban J connectivity index is 1.19. The van der Waals surface area contributed by atoms with E-state index in [0.717, 1.165) is 22.7 Å². The molecule has 9 aromatic carbocycles. The van der Waals surface area contributed by atoms with Crippen LogP contribution in [0.5, 0.6) is 0 Å². The Morgan fingerprint density at radius 1 is 0.377 bits per heavy atom. The average molecular weight is 693 g/mol. The topological polar surface area (TPSA) is 8.17 Å². The number of aromatic nitrogens is 1. The molecule has 0 fully saturated rings. The van der Waals surface area contributed by atoms with Crippen molar-refractivity contribution in [2.75, 3.05) is 4.90 Å². The van der Waals surface area contributed by atoms with Crippen molar-refractivity contribution in [2.45, 2.75) is 0 Å². The number of thiophene rings is 1. The van der Waals surface area contributed by atoms with Crippen molar-refractivity contribution in [1.82, 2.24) is 4.57 Å². The van der Waals surface area contributed by atoms with Gasteiger partial charge in [-0.05, 0) is 93.3 Å². The highest BCUT2D eigenvalue weighted by atomic mass is 32.1. The first-order valence-electron chi connectivity index (χ1n) is 18.1. The summed E-state index contributed by atoms with van der Waals surface area (Å²) in [6, 6.07) is 71.0. The largest absolute Gasteiger partial charge is 0.310 e. The fraction of sp³-hybridized carbons (Fsp3) is 0. The smallest absolute Gasteiger partial charge is 0.0542 e. The van der Waals surface area contributed by atoms with E-state index in [-0.39, 0.29) is 0 Å². The average Bonchev–Trinajstić information content (AvgIpc) is 3.77. The van der Waals surface area contributed by atoms with Crippen LogP contribution in [-0.2, 0) is 0 Å². The van der Waals surface area contributed by atoms with Crippen molar-refractivity contribution in [3.05, 3.63) is 194 Å². The molecule has 0 saturated heterocycles. The van der Waals surface area contributed by atoms with Gasteiger partial charge in [-0.25, -0.2) is 0 Å². The van der Waals surface area contributed by atoms with Gasteiger partial charge in [-0.2, -0.15) is 0 Å². The first kappa shape index (κ1) is 30.0. The lowest BCUT2D eigenvalue weighted by Gasteiger charge is -2.27. The lowest BCUT2D eigenvalue weighted by atomic mass is 9.96. The van der Waals surface area contributed by atoms with Crippen LogP contribution in [0.15, 0.2) is 194 Å². The third kappa shape index (κ3) is 4.78. The van der Waals surface area contributed by atoms with Gasteiger partial charge in [0.1, 0.15) is 0 Å². The summed E-state index contributed by atoms with van der Waals surface area (Å²) in [7, 11) is 0. The number of rotatable bonds is 5. The molecule has 11 aromatic rings. The molecule has 3 heteroatoms. The summed E-state index contributed by atoms with van der Waals surface area (Å²) < 4.78 is 5.01. The van der Waals surface area contributed by atoms with Gasteiger partial charge in [0.2, 0.25) is 0 Å². The highest BCUT2D eigenvalue weighted by Crippen LogP contribution is 2.45. The predicted molar refractivity (Wildman–Crippen MR) is 229 cm³/mol. The van der Waals surface area contributed by atoms with Gasteiger partial charge in [-0.3, -0.25) is 0 Å². The van der Waals surface area contributed by atoms with E-state index in [1.165, 1.54) is 74.6 Å². The second-order valence-corrected chi connectivity index (χ2v) is 14.8. The molecule has 0 N–H and O–H groups in total. The van der Waals surface area contributed by atoms with Crippen LogP contribution in [-0.4, -0.2) is 4.57 Å². The Labute approximate surface area is 311 Å². The van der Waals surface area contributed by atoms with Gasteiger partial charge < -0.3 is 9.47 Å². The molecule has 0 atom stereocenters. The van der Waals surface area contributed by atoms with Crippen molar-refractivity contribution in [3.63, 3.8) is 0 Å². The van der Waals surface area contributed by atoms with Crippen molar-refractivity contribution < 1.29 is 0 Å². The summed E-state index contributed by atoms with van der Waals surface area (Å²) in [6.45, 7) is 0.